The molecule has 0 unspecified atom stereocenters. The number of nitrogens with zero attached hydrogens (tertiary/aromatic N) is 2. The molecule has 0 N–H and O–H groups in total. The zero-order valence-corrected chi connectivity index (χ0v) is 49.6. The van der Waals surface area contributed by atoms with E-state index in [1.807, 2.05) is 0 Å². The topological polar surface area (TPSA) is 9.86 Å². The maximum atomic E-state index is 4.58. The Morgan fingerprint density at radius 3 is 1.04 bits per heavy atom. The summed E-state index contributed by atoms with van der Waals surface area (Å²) < 4.78 is 4.91. The Hall–Kier alpha value is -11.3. The van der Waals surface area contributed by atoms with Gasteiger partial charge in [-0.2, -0.15) is 0 Å². The standard InChI is InChI=1S/C87H60N2/c1-56-69-28-16-17-29-70(69)71-44-40-65(52-76(56)71)57-32-36-63(37-33-57)85-74-46-42-68(89-83(61-24-12-6-13-25-61)50-51-84(89)62-26-14-7-15-27-62)55-78(74)86(64-38-34-58(35-39-64)66-41-45-73-72-30-18-19-31-79(72)87(2,3)80(73)53-66)75-47-43-67(54-77(75)85)88-81(59-20-8-4-9-21-59)48-49-82(88)60-22-10-5-11-23-60/h4-55H,1H2,2-3H3. The average molecular weight is 1130 g/mol. The summed E-state index contributed by atoms with van der Waals surface area (Å²) in [6.45, 7) is 9.31. The van der Waals surface area contributed by atoms with Gasteiger partial charge in [0.1, 0.15) is 0 Å². The Kier molecular flexibility index (Phi) is 12.1. The molecule has 2 nitrogen and oxygen atoms in total. The highest BCUT2D eigenvalue weighted by Crippen LogP contribution is 2.52. The van der Waals surface area contributed by atoms with Gasteiger partial charge in [0.2, 0.25) is 0 Å². The smallest absolute Gasteiger partial charge is 0.0535 e. The maximum absolute atomic E-state index is 4.58. The van der Waals surface area contributed by atoms with Crippen LogP contribution >= 0.6 is 0 Å². The fraction of sp³-hybridized carbons (Fsp3) is 0.0345. The normalized spacial score (nSPS) is 12.7. The van der Waals surface area contributed by atoms with Crippen LogP contribution < -0.4 is 0 Å². The molecule has 17 rings (SSSR count). The van der Waals surface area contributed by atoms with Crippen molar-refractivity contribution in [3.8, 4) is 123 Å². The molecule has 0 aliphatic heterocycles. The van der Waals surface area contributed by atoms with Crippen LogP contribution in [0.2, 0.25) is 0 Å². The van der Waals surface area contributed by atoms with Gasteiger partial charge in [-0.1, -0.05) is 275 Å². The minimum Gasteiger partial charge on any atom is -0.309 e. The summed E-state index contributed by atoms with van der Waals surface area (Å²) in [4.78, 5) is 0. The summed E-state index contributed by atoms with van der Waals surface area (Å²) >= 11 is 0. The lowest BCUT2D eigenvalue weighted by atomic mass is 9.81. The molecule has 2 aliphatic rings. The van der Waals surface area contributed by atoms with E-state index in [0.717, 1.165) is 78.7 Å². The van der Waals surface area contributed by atoms with E-state index < -0.39 is 0 Å². The van der Waals surface area contributed by atoms with E-state index in [2.05, 4.69) is 345 Å². The largest absolute Gasteiger partial charge is 0.309 e. The number of fused-ring (bicyclic) bond motifs is 8. The van der Waals surface area contributed by atoms with Crippen LogP contribution in [-0.2, 0) is 5.41 Å². The molecule has 2 aliphatic carbocycles. The molecular formula is C87H60N2. The first-order valence-electron chi connectivity index (χ1n) is 30.9. The zero-order valence-electron chi connectivity index (χ0n) is 49.6. The van der Waals surface area contributed by atoms with Crippen molar-refractivity contribution in [3.05, 3.63) is 344 Å². The van der Waals surface area contributed by atoms with Gasteiger partial charge < -0.3 is 9.13 Å². The van der Waals surface area contributed by atoms with Crippen molar-refractivity contribution in [1.29, 1.82) is 0 Å². The molecule has 0 radical (unpaired) electrons. The third-order valence-corrected chi connectivity index (χ3v) is 19.1. The van der Waals surface area contributed by atoms with Crippen LogP contribution in [0.3, 0.4) is 0 Å². The van der Waals surface area contributed by atoms with Crippen molar-refractivity contribution < 1.29 is 0 Å². The van der Waals surface area contributed by atoms with Gasteiger partial charge in [-0.3, -0.25) is 0 Å². The minimum atomic E-state index is -0.104. The summed E-state index contributed by atoms with van der Waals surface area (Å²) in [5.74, 6) is 0. The summed E-state index contributed by atoms with van der Waals surface area (Å²) in [5.41, 5.74) is 32.0. The summed E-state index contributed by atoms with van der Waals surface area (Å²) in [7, 11) is 0. The molecule has 0 fully saturated rings. The molecule has 0 saturated heterocycles. The van der Waals surface area contributed by atoms with E-state index in [-0.39, 0.29) is 5.41 Å². The lowest BCUT2D eigenvalue weighted by Crippen LogP contribution is -2.14. The number of rotatable bonds is 10. The molecule has 13 aromatic carbocycles. The highest BCUT2D eigenvalue weighted by Gasteiger charge is 2.35. The first kappa shape index (κ1) is 52.0. The molecule has 0 spiro atoms. The van der Waals surface area contributed by atoms with Crippen molar-refractivity contribution in [2.45, 2.75) is 19.3 Å². The predicted molar refractivity (Wildman–Crippen MR) is 375 cm³/mol. The third-order valence-electron chi connectivity index (χ3n) is 19.1. The van der Waals surface area contributed by atoms with Crippen molar-refractivity contribution in [2.75, 3.05) is 0 Å². The van der Waals surface area contributed by atoms with Crippen LogP contribution in [-0.4, -0.2) is 9.13 Å². The highest BCUT2D eigenvalue weighted by atomic mass is 15.0. The van der Waals surface area contributed by atoms with Crippen LogP contribution in [0.15, 0.2) is 322 Å². The first-order valence-corrected chi connectivity index (χ1v) is 30.9. The van der Waals surface area contributed by atoms with Gasteiger partial charge in [0.25, 0.3) is 0 Å². The summed E-state index contributed by atoms with van der Waals surface area (Å²) in [5, 5.41) is 4.69. The summed E-state index contributed by atoms with van der Waals surface area (Å²) in [6.07, 6.45) is 0. The number of hydrogen-bond acceptors (Lipinski definition) is 0. The minimum absolute atomic E-state index is 0.104. The molecule has 0 bridgehead atoms. The number of hydrogen-bond donors (Lipinski definition) is 0. The van der Waals surface area contributed by atoms with Gasteiger partial charge in [0.15, 0.2) is 0 Å². The van der Waals surface area contributed by atoms with Crippen molar-refractivity contribution in [1.82, 2.24) is 9.13 Å². The number of aromatic nitrogens is 2. The highest BCUT2D eigenvalue weighted by molar-refractivity contribution is 6.22. The second-order valence-corrected chi connectivity index (χ2v) is 24.4. The fourth-order valence-corrected chi connectivity index (χ4v) is 14.7. The Labute approximate surface area is 519 Å². The lowest BCUT2D eigenvalue weighted by Gasteiger charge is -2.22. The van der Waals surface area contributed by atoms with E-state index in [1.54, 1.807) is 0 Å². The summed E-state index contributed by atoms with van der Waals surface area (Å²) in [6, 6.07) is 117. The molecule has 2 heterocycles. The van der Waals surface area contributed by atoms with Gasteiger partial charge >= 0.3 is 0 Å². The van der Waals surface area contributed by atoms with Gasteiger partial charge in [-0.05, 0) is 199 Å². The van der Waals surface area contributed by atoms with Crippen LogP contribution in [0.1, 0.15) is 36.1 Å². The van der Waals surface area contributed by atoms with E-state index >= 15 is 0 Å². The molecule has 15 aromatic rings. The zero-order chi connectivity index (χ0) is 59.3. The van der Waals surface area contributed by atoms with Crippen LogP contribution in [0.4, 0.5) is 0 Å². The van der Waals surface area contributed by atoms with E-state index in [4.69, 9.17) is 0 Å². The van der Waals surface area contributed by atoms with E-state index in [1.165, 1.54) is 93.9 Å². The van der Waals surface area contributed by atoms with Crippen LogP contribution in [0, 0.1) is 0 Å². The molecule has 2 heteroatoms. The third kappa shape index (κ3) is 8.47. The average Bonchev–Trinajstić information content (AvgIpc) is 1.71. The molecular weight excluding hydrogens is 1070 g/mol. The number of benzene rings is 13. The first-order chi connectivity index (χ1) is 43.8. The molecule has 0 amide bonds. The van der Waals surface area contributed by atoms with Gasteiger partial charge in [-0.15, -0.1) is 0 Å². The molecule has 0 atom stereocenters. The molecule has 89 heavy (non-hydrogen) atoms. The van der Waals surface area contributed by atoms with Gasteiger partial charge in [-0.25, -0.2) is 0 Å². The molecule has 418 valence electrons. The predicted octanol–water partition coefficient (Wildman–Crippen LogP) is 23.3. The van der Waals surface area contributed by atoms with Crippen molar-refractivity contribution in [2.24, 2.45) is 0 Å². The van der Waals surface area contributed by atoms with Crippen molar-refractivity contribution in [3.63, 3.8) is 0 Å². The fourth-order valence-electron chi connectivity index (χ4n) is 14.7. The monoisotopic (exact) mass is 1130 g/mol. The SMILES string of the molecule is C=C1c2ccccc2-c2ccc(-c3ccc(-c4c5ccc(-n6c(-c7ccccc7)ccc6-c6ccccc6)cc5c(-c5ccc(-c6ccc7c(c6)C(C)(C)c6ccccc6-7)cc5)c5ccc(-n6c(-c7ccccc7)ccc6-c6ccccc6)cc45)cc3)cc21. The Morgan fingerprint density at radius 1 is 0.236 bits per heavy atom. The van der Waals surface area contributed by atoms with E-state index in [9.17, 15) is 0 Å². The Bertz CT molecular complexity index is 5180. The van der Waals surface area contributed by atoms with Crippen molar-refractivity contribution >= 4 is 27.1 Å². The maximum Gasteiger partial charge on any atom is 0.0535 e. The lowest BCUT2D eigenvalue weighted by molar-refractivity contribution is 0.660. The Morgan fingerprint density at radius 2 is 0.584 bits per heavy atom. The van der Waals surface area contributed by atoms with Gasteiger partial charge in [0.05, 0.1) is 22.8 Å². The molecule has 0 saturated carbocycles. The second kappa shape index (κ2) is 20.7. The van der Waals surface area contributed by atoms with E-state index in [0.29, 0.717) is 0 Å². The quantitative estimate of drug-likeness (QED) is 0.121. The Balaban J connectivity index is 0.915. The van der Waals surface area contributed by atoms with Gasteiger partial charge in [0, 0.05) is 16.8 Å². The van der Waals surface area contributed by atoms with Crippen LogP contribution in [0.25, 0.3) is 150 Å². The molecule has 2 aromatic heterocycles. The second-order valence-electron chi connectivity index (χ2n) is 24.4. The van der Waals surface area contributed by atoms with Crippen LogP contribution in [0.5, 0.6) is 0 Å².